The van der Waals surface area contributed by atoms with Gasteiger partial charge in [0.2, 0.25) is 0 Å². The maximum atomic E-state index is 12.7. The Kier molecular flexibility index (Phi) is 4.03. The first-order valence-electron chi connectivity index (χ1n) is 6.15. The van der Waals surface area contributed by atoms with Crippen LogP contribution >= 0.6 is 11.3 Å². The summed E-state index contributed by atoms with van der Waals surface area (Å²) < 4.78 is 1.38. The molecule has 0 aliphatic carbocycles. The molecule has 0 aromatic carbocycles. The molecule has 0 atom stereocenters. The van der Waals surface area contributed by atoms with Crippen LogP contribution in [0, 0.1) is 0 Å². The van der Waals surface area contributed by atoms with Gasteiger partial charge >= 0.3 is 5.97 Å². The zero-order valence-corrected chi connectivity index (χ0v) is 12.7. The van der Waals surface area contributed by atoms with Crippen molar-refractivity contribution in [2.75, 3.05) is 6.54 Å². The molecule has 1 amide bonds. The fourth-order valence-corrected chi connectivity index (χ4v) is 2.61. The highest BCUT2D eigenvalue weighted by Gasteiger charge is 2.31. The lowest BCUT2D eigenvalue weighted by Gasteiger charge is -2.34. The second-order valence-electron chi connectivity index (χ2n) is 5.35. The van der Waals surface area contributed by atoms with Gasteiger partial charge in [-0.25, -0.2) is 0 Å². The van der Waals surface area contributed by atoms with Crippen LogP contribution in [0.15, 0.2) is 17.8 Å². The van der Waals surface area contributed by atoms with E-state index in [1.165, 1.54) is 27.2 Å². The van der Waals surface area contributed by atoms with E-state index in [4.69, 9.17) is 5.11 Å². The van der Waals surface area contributed by atoms with Crippen molar-refractivity contribution in [1.29, 1.82) is 0 Å². The van der Waals surface area contributed by atoms with Gasteiger partial charge in [-0.2, -0.15) is 4.68 Å². The highest BCUT2D eigenvalue weighted by atomic mass is 32.1. The molecule has 2 heterocycles. The van der Waals surface area contributed by atoms with Crippen LogP contribution in [0.1, 0.15) is 30.4 Å². The third-order valence-corrected chi connectivity index (χ3v) is 3.67. The Hall–Kier alpha value is -2.29. The largest absolute Gasteiger partial charge is 0.480 e. The van der Waals surface area contributed by atoms with Crippen molar-refractivity contribution < 1.29 is 14.7 Å². The molecule has 0 aliphatic rings. The summed E-state index contributed by atoms with van der Waals surface area (Å²) >= 11 is 1.23. The Morgan fingerprint density at radius 3 is 2.67 bits per heavy atom. The molecule has 21 heavy (non-hydrogen) atoms. The molecule has 0 fully saturated rings. The predicted octanol–water partition coefficient (Wildman–Crippen LogP) is 1.05. The van der Waals surface area contributed by atoms with Crippen LogP contribution in [0.2, 0.25) is 0 Å². The van der Waals surface area contributed by atoms with Gasteiger partial charge in [-0.3, -0.25) is 9.59 Å². The van der Waals surface area contributed by atoms with Crippen molar-refractivity contribution in [3.8, 4) is 5.69 Å². The zero-order valence-electron chi connectivity index (χ0n) is 11.8. The fraction of sp³-hybridized carbons (Fsp3) is 0.417. The van der Waals surface area contributed by atoms with E-state index >= 15 is 0 Å². The average molecular weight is 309 g/mol. The van der Waals surface area contributed by atoms with Gasteiger partial charge in [-0.05, 0) is 42.6 Å². The molecule has 0 spiro atoms. The number of carboxylic acid groups (broad SMARTS) is 1. The van der Waals surface area contributed by atoms with Crippen LogP contribution in [-0.2, 0) is 4.79 Å². The summed E-state index contributed by atoms with van der Waals surface area (Å²) in [6.45, 7) is 5.00. The van der Waals surface area contributed by atoms with E-state index in [1.807, 2.05) is 0 Å². The maximum Gasteiger partial charge on any atom is 0.323 e. The van der Waals surface area contributed by atoms with Crippen LogP contribution in [-0.4, -0.2) is 54.2 Å². The van der Waals surface area contributed by atoms with E-state index in [0.717, 1.165) is 0 Å². The Balaban J connectivity index is 2.39. The molecular formula is C12H15N5O3S. The zero-order chi connectivity index (χ0) is 15.6. The van der Waals surface area contributed by atoms with Crippen molar-refractivity contribution in [2.45, 2.75) is 26.3 Å². The number of tetrazole rings is 1. The van der Waals surface area contributed by atoms with Gasteiger partial charge in [0.25, 0.3) is 5.91 Å². The summed E-state index contributed by atoms with van der Waals surface area (Å²) in [7, 11) is 0. The molecule has 0 bridgehead atoms. The Bertz CT molecular complexity index is 644. The molecule has 9 heteroatoms. The van der Waals surface area contributed by atoms with Crippen molar-refractivity contribution in [3.05, 3.63) is 22.7 Å². The molecule has 0 unspecified atom stereocenters. The van der Waals surface area contributed by atoms with Gasteiger partial charge in [-0.15, -0.1) is 16.4 Å². The molecular weight excluding hydrogens is 294 g/mol. The number of carboxylic acids is 1. The molecule has 1 N–H and O–H groups in total. The van der Waals surface area contributed by atoms with Crippen LogP contribution in [0.4, 0.5) is 0 Å². The minimum absolute atomic E-state index is 0.356. The summed E-state index contributed by atoms with van der Waals surface area (Å²) in [4.78, 5) is 25.4. The van der Waals surface area contributed by atoms with E-state index in [1.54, 1.807) is 32.2 Å². The molecule has 0 radical (unpaired) electrons. The minimum atomic E-state index is -1.06. The molecule has 0 saturated heterocycles. The molecule has 2 rings (SSSR count). The first kappa shape index (κ1) is 15.1. The van der Waals surface area contributed by atoms with E-state index in [9.17, 15) is 9.59 Å². The first-order valence-corrected chi connectivity index (χ1v) is 7.03. The van der Waals surface area contributed by atoms with Gasteiger partial charge in [0, 0.05) is 5.54 Å². The second-order valence-corrected chi connectivity index (χ2v) is 6.26. The smallest absolute Gasteiger partial charge is 0.323 e. The standard InChI is InChI=1S/C12H15N5O3S/c1-12(2,3)16(6-9(18)19)11(20)10-8(4-5-21-10)17-7-13-14-15-17/h4-5,7H,6H2,1-3H3,(H,18,19). The van der Waals surface area contributed by atoms with Crippen LogP contribution in [0.25, 0.3) is 5.69 Å². The number of hydrogen-bond acceptors (Lipinski definition) is 6. The highest BCUT2D eigenvalue weighted by Crippen LogP contribution is 2.25. The first-order chi connectivity index (χ1) is 9.80. The number of rotatable bonds is 4. The Labute approximate surface area is 125 Å². The summed E-state index contributed by atoms with van der Waals surface area (Å²) in [6.07, 6.45) is 1.39. The predicted molar refractivity (Wildman–Crippen MR) is 75.5 cm³/mol. The van der Waals surface area contributed by atoms with Gasteiger partial charge in [0.15, 0.2) is 0 Å². The number of carbonyl (C=O) groups is 2. The quantitative estimate of drug-likeness (QED) is 0.906. The van der Waals surface area contributed by atoms with Gasteiger partial charge < -0.3 is 10.0 Å². The topological polar surface area (TPSA) is 101 Å². The number of hydrogen-bond donors (Lipinski definition) is 1. The van der Waals surface area contributed by atoms with E-state index in [2.05, 4.69) is 15.5 Å². The van der Waals surface area contributed by atoms with Crippen LogP contribution in [0.3, 0.4) is 0 Å². The highest BCUT2D eigenvalue weighted by molar-refractivity contribution is 7.12. The number of aromatic nitrogens is 4. The van der Waals surface area contributed by atoms with Crippen molar-refractivity contribution in [3.63, 3.8) is 0 Å². The van der Waals surface area contributed by atoms with Gasteiger partial charge in [0.1, 0.15) is 17.7 Å². The Morgan fingerprint density at radius 2 is 2.14 bits per heavy atom. The molecule has 0 saturated carbocycles. The molecule has 2 aromatic heterocycles. The number of carbonyl (C=O) groups excluding carboxylic acids is 1. The summed E-state index contributed by atoms with van der Waals surface area (Å²) in [5, 5.41) is 21.6. The molecule has 0 aliphatic heterocycles. The molecule has 112 valence electrons. The van der Waals surface area contributed by atoms with Crippen LogP contribution < -0.4 is 0 Å². The number of aliphatic carboxylic acids is 1. The van der Waals surface area contributed by atoms with Crippen LogP contribution in [0.5, 0.6) is 0 Å². The summed E-state index contributed by atoms with van der Waals surface area (Å²) in [5.74, 6) is -1.41. The average Bonchev–Trinajstić information content (AvgIpc) is 3.02. The minimum Gasteiger partial charge on any atom is -0.480 e. The SMILES string of the molecule is CC(C)(C)N(CC(=O)O)C(=O)c1sccc1-n1cnnn1. The lowest BCUT2D eigenvalue weighted by Crippen LogP contribution is -2.48. The number of amides is 1. The number of nitrogens with zero attached hydrogens (tertiary/aromatic N) is 5. The second kappa shape index (κ2) is 5.60. The molecule has 2 aromatic rings. The van der Waals surface area contributed by atoms with E-state index < -0.39 is 11.5 Å². The van der Waals surface area contributed by atoms with E-state index in [0.29, 0.717) is 10.6 Å². The third-order valence-electron chi connectivity index (χ3n) is 2.78. The van der Waals surface area contributed by atoms with Crippen molar-refractivity contribution in [2.24, 2.45) is 0 Å². The Morgan fingerprint density at radius 1 is 1.43 bits per heavy atom. The third kappa shape index (κ3) is 3.24. The molecule has 8 nitrogen and oxygen atoms in total. The lowest BCUT2D eigenvalue weighted by molar-refractivity contribution is -0.138. The maximum absolute atomic E-state index is 12.7. The number of thiophene rings is 1. The van der Waals surface area contributed by atoms with Gasteiger partial charge in [0.05, 0.1) is 5.69 Å². The summed E-state index contributed by atoms with van der Waals surface area (Å²) in [6, 6.07) is 1.72. The van der Waals surface area contributed by atoms with Gasteiger partial charge in [-0.1, -0.05) is 0 Å². The lowest BCUT2D eigenvalue weighted by atomic mass is 10.1. The monoisotopic (exact) mass is 309 g/mol. The normalized spacial score (nSPS) is 11.4. The van der Waals surface area contributed by atoms with Crippen molar-refractivity contribution in [1.82, 2.24) is 25.1 Å². The fourth-order valence-electron chi connectivity index (χ4n) is 1.79. The van der Waals surface area contributed by atoms with E-state index in [-0.39, 0.29) is 12.5 Å². The van der Waals surface area contributed by atoms with Crippen molar-refractivity contribution >= 4 is 23.2 Å². The summed E-state index contributed by atoms with van der Waals surface area (Å²) in [5.41, 5.74) is -0.0770.